The summed E-state index contributed by atoms with van der Waals surface area (Å²) in [5, 5.41) is 8.62. The number of ether oxygens (including phenoxy) is 1. The molecular weight excluding hydrogens is 244 g/mol. The first kappa shape index (κ1) is 13.5. The molecule has 94 valence electrons. The highest BCUT2D eigenvalue weighted by Crippen LogP contribution is 2.13. The van der Waals surface area contributed by atoms with E-state index in [9.17, 15) is 13.2 Å². The molecule has 17 heavy (non-hydrogen) atoms. The highest BCUT2D eigenvalue weighted by atomic mass is 32.2. The largest absolute Gasteiger partial charge is 0.493 e. The molecule has 0 spiro atoms. The fourth-order valence-corrected chi connectivity index (χ4v) is 1.62. The van der Waals surface area contributed by atoms with E-state index in [0.717, 1.165) is 6.26 Å². The molecule has 0 saturated carbocycles. The van der Waals surface area contributed by atoms with Gasteiger partial charge in [-0.15, -0.1) is 0 Å². The predicted molar refractivity (Wildman–Crippen MR) is 63.0 cm³/mol. The monoisotopic (exact) mass is 258 g/mol. The van der Waals surface area contributed by atoms with Crippen LogP contribution in [0.25, 0.3) is 0 Å². The Hall–Kier alpha value is -1.56. The van der Waals surface area contributed by atoms with Gasteiger partial charge < -0.3 is 9.84 Å². The Balaban J connectivity index is 2.57. The van der Waals surface area contributed by atoms with Crippen LogP contribution in [0.3, 0.4) is 0 Å². The van der Waals surface area contributed by atoms with Crippen LogP contribution in [0.1, 0.15) is 5.56 Å². The SMILES string of the molecule is CS(=O)(=O)CCOc1cccc(CC(=O)O)c1. The lowest BCUT2D eigenvalue weighted by Crippen LogP contribution is -2.12. The second kappa shape index (κ2) is 5.67. The molecule has 0 aromatic heterocycles. The summed E-state index contributed by atoms with van der Waals surface area (Å²) in [7, 11) is -3.04. The van der Waals surface area contributed by atoms with Crippen LogP contribution in [0.15, 0.2) is 24.3 Å². The summed E-state index contributed by atoms with van der Waals surface area (Å²) < 4.78 is 27.0. The van der Waals surface area contributed by atoms with Crippen molar-refractivity contribution in [3.8, 4) is 5.75 Å². The van der Waals surface area contributed by atoms with Gasteiger partial charge in [0, 0.05) is 6.26 Å². The number of rotatable bonds is 6. The van der Waals surface area contributed by atoms with Gasteiger partial charge in [0.05, 0.1) is 12.2 Å². The van der Waals surface area contributed by atoms with Gasteiger partial charge in [-0.25, -0.2) is 8.42 Å². The summed E-state index contributed by atoms with van der Waals surface area (Å²) in [6, 6.07) is 6.61. The summed E-state index contributed by atoms with van der Waals surface area (Å²) in [6.07, 6.45) is 1.06. The quantitative estimate of drug-likeness (QED) is 0.813. The van der Waals surface area contributed by atoms with Crippen molar-refractivity contribution in [1.82, 2.24) is 0 Å². The number of carboxylic acids is 1. The number of sulfone groups is 1. The van der Waals surface area contributed by atoms with Crippen LogP contribution >= 0.6 is 0 Å². The molecule has 0 fully saturated rings. The van der Waals surface area contributed by atoms with Crippen LogP contribution in [0.2, 0.25) is 0 Å². The molecule has 1 aromatic carbocycles. The van der Waals surface area contributed by atoms with Crippen LogP contribution < -0.4 is 4.74 Å². The summed E-state index contributed by atoms with van der Waals surface area (Å²) in [6.45, 7) is 0.0648. The van der Waals surface area contributed by atoms with Crippen molar-refractivity contribution < 1.29 is 23.1 Å². The third-order valence-corrected chi connectivity index (χ3v) is 2.88. The zero-order valence-corrected chi connectivity index (χ0v) is 10.2. The molecule has 0 aliphatic heterocycles. The maximum absolute atomic E-state index is 10.9. The van der Waals surface area contributed by atoms with Gasteiger partial charge in [-0.1, -0.05) is 12.1 Å². The number of carbonyl (C=O) groups is 1. The number of hydrogen-bond acceptors (Lipinski definition) is 4. The lowest BCUT2D eigenvalue weighted by Gasteiger charge is -2.06. The molecular formula is C11H14O5S. The number of carboxylic acid groups (broad SMARTS) is 1. The van der Waals surface area contributed by atoms with E-state index >= 15 is 0 Å². The van der Waals surface area contributed by atoms with Crippen molar-refractivity contribution in [1.29, 1.82) is 0 Å². The van der Waals surface area contributed by atoms with Gasteiger partial charge in [0.2, 0.25) is 0 Å². The lowest BCUT2D eigenvalue weighted by molar-refractivity contribution is -0.136. The molecule has 1 N–H and O–H groups in total. The number of aliphatic carboxylic acids is 1. The number of benzene rings is 1. The minimum atomic E-state index is -3.04. The highest BCUT2D eigenvalue weighted by molar-refractivity contribution is 7.90. The van der Waals surface area contributed by atoms with Crippen LogP contribution in [-0.2, 0) is 21.1 Å². The Kier molecular flexibility index (Phi) is 4.51. The van der Waals surface area contributed by atoms with Crippen LogP contribution in [0.5, 0.6) is 5.75 Å². The lowest BCUT2D eigenvalue weighted by atomic mass is 10.1. The molecule has 0 heterocycles. The molecule has 1 rings (SSSR count). The van der Waals surface area contributed by atoms with E-state index in [1.807, 2.05) is 0 Å². The van der Waals surface area contributed by atoms with E-state index in [-0.39, 0.29) is 18.8 Å². The molecule has 0 unspecified atom stereocenters. The Labute approximate surface area is 100.0 Å². The molecule has 5 nitrogen and oxygen atoms in total. The third kappa shape index (κ3) is 5.91. The summed E-state index contributed by atoms with van der Waals surface area (Å²) in [5.41, 5.74) is 0.620. The molecule has 0 aliphatic carbocycles. The first-order valence-electron chi connectivity index (χ1n) is 4.98. The van der Waals surface area contributed by atoms with Gasteiger partial charge >= 0.3 is 5.97 Å². The van der Waals surface area contributed by atoms with Gasteiger partial charge in [-0.3, -0.25) is 4.79 Å². The van der Waals surface area contributed by atoms with Gasteiger partial charge in [0.15, 0.2) is 9.84 Å². The maximum atomic E-state index is 10.9. The summed E-state index contributed by atoms with van der Waals surface area (Å²) in [4.78, 5) is 10.5. The third-order valence-electron chi connectivity index (χ3n) is 1.98. The standard InChI is InChI=1S/C11H14O5S/c1-17(14,15)6-5-16-10-4-2-3-9(7-10)8-11(12)13/h2-4,7H,5-6,8H2,1H3,(H,12,13). The molecule has 0 saturated heterocycles. The van der Waals surface area contributed by atoms with Crippen molar-refractivity contribution in [2.75, 3.05) is 18.6 Å². The van der Waals surface area contributed by atoms with E-state index in [1.165, 1.54) is 0 Å². The van der Waals surface area contributed by atoms with Gasteiger partial charge in [-0.2, -0.15) is 0 Å². The average Bonchev–Trinajstić information content (AvgIpc) is 2.15. The van der Waals surface area contributed by atoms with Crippen LogP contribution in [-0.4, -0.2) is 38.1 Å². The first-order valence-corrected chi connectivity index (χ1v) is 7.04. The Morgan fingerprint density at radius 3 is 2.71 bits per heavy atom. The van der Waals surface area contributed by atoms with E-state index in [4.69, 9.17) is 9.84 Å². The second-order valence-electron chi connectivity index (χ2n) is 3.70. The molecule has 1 aromatic rings. The predicted octanol–water partition coefficient (Wildman–Crippen LogP) is 0.737. The molecule has 0 radical (unpaired) electrons. The van der Waals surface area contributed by atoms with Gasteiger partial charge in [-0.05, 0) is 17.7 Å². The normalized spacial score (nSPS) is 11.1. The maximum Gasteiger partial charge on any atom is 0.307 e. The first-order chi connectivity index (χ1) is 7.87. The summed E-state index contributed by atoms with van der Waals surface area (Å²) >= 11 is 0. The van der Waals surface area contributed by atoms with E-state index < -0.39 is 15.8 Å². The Bertz CT molecular complexity index is 492. The topological polar surface area (TPSA) is 80.7 Å². The Morgan fingerprint density at radius 2 is 2.12 bits per heavy atom. The average molecular weight is 258 g/mol. The minimum Gasteiger partial charge on any atom is -0.493 e. The van der Waals surface area contributed by atoms with Gasteiger partial charge in [0.1, 0.15) is 12.4 Å². The molecule has 6 heteroatoms. The van der Waals surface area contributed by atoms with E-state index in [1.54, 1.807) is 24.3 Å². The van der Waals surface area contributed by atoms with E-state index in [2.05, 4.69) is 0 Å². The van der Waals surface area contributed by atoms with Crippen LogP contribution in [0, 0.1) is 0 Å². The Morgan fingerprint density at radius 1 is 1.41 bits per heavy atom. The molecule has 0 amide bonds. The van der Waals surface area contributed by atoms with Crippen molar-refractivity contribution in [3.05, 3.63) is 29.8 Å². The highest BCUT2D eigenvalue weighted by Gasteiger charge is 2.04. The summed E-state index contributed by atoms with van der Waals surface area (Å²) in [5.74, 6) is -0.499. The van der Waals surface area contributed by atoms with Crippen molar-refractivity contribution in [2.45, 2.75) is 6.42 Å². The van der Waals surface area contributed by atoms with E-state index in [0.29, 0.717) is 11.3 Å². The second-order valence-corrected chi connectivity index (χ2v) is 5.96. The zero-order chi connectivity index (χ0) is 12.9. The van der Waals surface area contributed by atoms with Crippen molar-refractivity contribution >= 4 is 15.8 Å². The zero-order valence-electron chi connectivity index (χ0n) is 9.42. The molecule has 0 atom stereocenters. The van der Waals surface area contributed by atoms with Crippen molar-refractivity contribution in [2.24, 2.45) is 0 Å². The molecule has 0 aliphatic rings. The fraction of sp³-hybridized carbons (Fsp3) is 0.364. The smallest absolute Gasteiger partial charge is 0.307 e. The van der Waals surface area contributed by atoms with Gasteiger partial charge in [0.25, 0.3) is 0 Å². The molecule has 0 bridgehead atoms. The number of hydrogen-bond donors (Lipinski definition) is 1. The minimum absolute atomic E-state index is 0.0594. The van der Waals surface area contributed by atoms with Crippen LogP contribution in [0.4, 0.5) is 0 Å². The van der Waals surface area contributed by atoms with Crippen molar-refractivity contribution in [3.63, 3.8) is 0 Å². The fourth-order valence-electron chi connectivity index (χ4n) is 1.23.